The number of aryl methyl sites for hydroxylation is 1. The van der Waals surface area contributed by atoms with Gasteiger partial charge in [-0.2, -0.15) is 0 Å². The molecule has 0 bridgehead atoms. The molecule has 2 rings (SSSR count). The van der Waals surface area contributed by atoms with Gasteiger partial charge in [-0.15, -0.1) is 0 Å². The first-order valence-corrected chi connectivity index (χ1v) is 6.55. The van der Waals surface area contributed by atoms with E-state index >= 15 is 0 Å². The molecule has 18 heavy (non-hydrogen) atoms. The summed E-state index contributed by atoms with van der Waals surface area (Å²) in [6, 6.07) is 4.28. The summed E-state index contributed by atoms with van der Waals surface area (Å²) in [5.41, 5.74) is 1.49. The summed E-state index contributed by atoms with van der Waals surface area (Å²) in [7, 11) is 0. The monoisotopic (exact) mass is 249 g/mol. The van der Waals surface area contributed by atoms with Crippen molar-refractivity contribution < 1.29 is 9.18 Å². The van der Waals surface area contributed by atoms with Gasteiger partial charge < -0.3 is 5.32 Å². The van der Waals surface area contributed by atoms with Crippen LogP contribution in [0.2, 0.25) is 0 Å². The van der Waals surface area contributed by atoms with E-state index in [0.717, 1.165) is 0 Å². The Labute approximate surface area is 108 Å². The van der Waals surface area contributed by atoms with Crippen LogP contribution in [-0.4, -0.2) is 12.5 Å². The van der Waals surface area contributed by atoms with Gasteiger partial charge >= 0.3 is 0 Å². The van der Waals surface area contributed by atoms with Gasteiger partial charge in [0.1, 0.15) is 5.82 Å². The lowest BCUT2D eigenvalue weighted by molar-refractivity contribution is 0.0933. The molecule has 0 aliphatic heterocycles. The number of nitrogens with one attached hydrogen (secondary N) is 1. The Hall–Kier alpha value is -1.38. The van der Waals surface area contributed by atoms with Crippen LogP contribution in [0, 0.1) is 18.2 Å². The summed E-state index contributed by atoms with van der Waals surface area (Å²) in [4.78, 5) is 12.0. The average Bonchev–Trinajstić information content (AvgIpc) is 2.74. The topological polar surface area (TPSA) is 29.1 Å². The molecule has 1 saturated carbocycles. The highest BCUT2D eigenvalue weighted by atomic mass is 19.1. The summed E-state index contributed by atoms with van der Waals surface area (Å²) in [6.45, 7) is 4.69. The lowest BCUT2D eigenvalue weighted by atomic mass is 9.89. The first-order chi connectivity index (χ1) is 8.50. The van der Waals surface area contributed by atoms with Crippen molar-refractivity contribution >= 4 is 5.91 Å². The van der Waals surface area contributed by atoms with Crippen molar-refractivity contribution in [3.8, 4) is 0 Å². The average molecular weight is 249 g/mol. The third kappa shape index (κ3) is 2.89. The van der Waals surface area contributed by atoms with Crippen molar-refractivity contribution in [2.45, 2.75) is 39.5 Å². The van der Waals surface area contributed by atoms with Crippen molar-refractivity contribution in [1.29, 1.82) is 0 Å². The van der Waals surface area contributed by atoms with E-state index < -0.39 is 0 Å². The Bertz CT molecular complexity index is 450. The molecule has 0 unspecified atom stereocenters. The van der Waals surface area contributed by atoms with Crippen LogP contribution in [0.25, 0.3) is 0 Å². The zero-order chi connectivity index (χ0) is 13.2. The maximum Gasteiger partial charge on any atom is 0.251 e. The standard InChI is InChI=1S/C15H20FNO/c1-11-9-12(16)5-6-13(11)14(18)17-10-15(2)7-3-4-8-15/h5-6,9H,3-4,7-8,10H2,1-2H3,(H,17,18). The van der Waals surface area contributed by atoms with Crippen LogP contribution >= 0.6 is 0 Å². The molecule has 0 aromatic heterocycles. The first-order valence-electron chi connectivity index (χ1n) is 6.55. The molecule has 0 radical (unpaired) electrons. The minimum atomic E-state index is -0.299. The molecule has 2 nitrogen and oxygen atoms in total. The smallest absolute Gasteiger partial charge is 0.251 e. The molecule has 98 valence electrons. The minimum Gasteiger partial charge on any atom is -0.351 e. The summed E-state index contributed by atoms with van der Waals surface area (Å²) in [5.74, 6) is -0.396. The van der Waals surface area contributed by atoms with Gasteiger partial charge in [-0.05, 0) is 48.9 Å². The predicted octanol–water partition coefficient (Wildman–Crippen LogP) is 3.44. The summed E-state index contributed by atoms with van der Waals surface area (Å²) in [5, 5.41) is 2.98. The van der Waals surface area contributed by atoms with Gasteiger partial charge in [0.25, 0.3) is 5.91 Å². The molecule has 1 fully saturated rings. The lowest BCUT2D eigenvalue weighted by Crippen LogP contribution is -2.34. The third-order valence-corrected chi connectivity index (χ3v) is 3.92. The molecule has 1 aromatic rings. The summed E-state index contributed by atoms with van der Waals surface area (Å²) < 4.78 is 13.0. The van der Waals surface area contributed by atoms with E-state index in [4.69, 9.17) is 0 Å². The second-order valence-electron chi connectivity index (χ2n) is 5.66. The van der Waals surface area contributed by atoms with Crippen LogP contribution < -0.4 is 5.32 Å². The maximum absolute atomic E-state index is 13.0. The highest BCUT2D eigenvalue weighted by molar-refractivity contribution is 5.95. The largest absolute Gasteiger partial charge is 0.351 e. The Morgan fingerprint density at radius 1 is 1.39 bits per heavy atom. The zero-order valence-corrected chi connectivity index (χ0v) is 11.1. The van der Waals surface area contributed by atoms with Crippen molar-refractivity contribution in [2.75, 3.05) is 6.54 Å². The van der Waals surface area contributed by atoms with Crippen LogP contribution in [0.15, 0.2) is 18.2 Å². The number of rotatable bonds is 3. The van der Waals surface area contributed by atoms with Crippen LogP contribution in [0.1, 0.15) is 48.5 Å². The molecule has 3 heteroatoms. The van der Waals surface area contributed by atoms with Crippen LogP contribution in [-0.2, 0) is 0 Å². The van der Waals surface area contributed by atoms with E-state index in [1.54, 1.807) is 13.0 Å². The Balaban J connectivity index is 1.99. The van der Waals surface area contributed by atoms with Crippen molar-refractivity contribution in [2.24, 2.45) is 5.41 Å². The Morgan fingerprint density at radius 3 is 2.67 bits per heavy atom. The minimum absolute atomic E-state index is 0.0966. The molecule has 1 aromatic carbocycles. The fourth-order valence-electron chi connectivity index (χ4n) is 2.68. The number of halogens is 1. The Kier molecular flexibility index (Phi) is 3.69. The van der Waals surface area contributed by atoms with Crippen LogP contribution in [0.5, 0.6) is 0 Å². The van der Waals surface area contributed by atoms with Crippen molar-refractivity contribution in [3.63, 3.8) is 0 Å². The highest BCUT2D eigenvalue weighted by Crippen LogP contribution is 2.36. The molecule has 0 saturated heterocycles. The van der Waals surface area contributed by atoms with E-state index in [1.165, 1.54) is 37.8 Å². The number of hydrogen-bond acceptors (Lipinski definition) is 1. The number of carbonyl (C=O) groups is 1. The second-order valence-corrected chi connectivity index (χ2v) is 5.66. The van der Waals surface area contributed by atoms with Crippen molar-refractivity contribution in [1.82, 2.24) is 5.32 Å². The SMILES string of the molecule is Cc1cc(F)ccc1C(=O)NCC1(C)CCCC1. The summed E-state index contributed by atoms with van der Waals surface area (Å²) in [6.07, 6.45) is 4.86. The summed E-state index contributed by atoms with van der Waals surface area (Å²) >= 11 is 0. The van der Waals surface area contributed by atoms with Crippen molar-refractivity contribution in [3.05, 3.63) is 35.1 Å². The van der Waals surface area contributed by atoms with Gasteiger partial charge in [0, 0.05) is 12.1 Å². The molecule has 0 atom stereocenters. The first kappa shape index (κ1) is 13.1. The van der Waals surface area contributed by atoms with E-state index in [0.29, 0.717) is 17.7 Å². The maximum atomic E-state index is 13.0. The number of hydrogen-bond donors (Lipinski definition) is 1. The second kappa shape index (κ2) is 5.09. The highest BCUT2D eigenvalue weighted by Gasteiger charge is 2.29. The molecule has 1 aliphatic rings. The number of benzene rings is 1. The number of carbonyl (C=O) groups excluding carboxylic acids is 1. The fraction of sp³-hybridized carbons (Fsp3) is 0.533. The Morgan fingerprint density at radius 2 is 2.06 bits per heavy atom. The molecular weight excluding hydrogens is 229 g/mol. The third-order valence-electron chi connectivity index (χ3n) is 3.92. The fourth-order valence-corrected chi connectivity index (χ4v) is 2.68. The molecule has 1 amide bonds. The number of amides is 1. The van der Waals surface area contributed by atoms with Gasteiger partial charge in [0.2, 0.25) is 0 Å². The zero-order valence-electron chi connectivity index (χ0n) is 11.1. The van der Waals surface area contributed by atoms with Gasteiger partial charge in [0.05, 0.1) is 0 Å². The lowest BCUT2D eigenvalue weighted by Gasteiger charge is -2.23. The van der Waals surface area contributed by atoms with Gasteiger partial charge in [-0.3, -0.25) is 4.79 Å². The molecule has 0 heterocycles. The molecular formula is C15H20FNO. The molecule has 1 aliphatic carbocycles. The van der Waals surface area contributed by atoms with Gasteiger partial charge in [-0.25, -0.2) is 4.39 Å². The molecule has 0 spiro atoms. The van der Waals surface area contributed by atoms with E-state index in [2.05, 4.69) is 12.2 Å². The predicted molar refractivity (Wildman–Crippen MR) is 70.0 cm³/mol. The van der Waals surface area contributed by atoms with Crippen LogP contribution in [0.4, 0.5) is 4.39 Å². The van der Waals surface area contributed by atoms with E-state index in [-0.39, 0.29) is 17.1 Å². The van der Waals surface area contributed by atoms with Crippen LogP contribution in [0.3, 0.4) is 0 Å². The van der Waals surface area contributed by atoms with E-state index in [1.807, 2.05) is 0 Å². The van der Waals surface area contributed by atoms with E-state index in [9.17, 15) is 9.18 Å². The quantitative estimate of drug-likeness (QED) is 0.873. The molecule has 1 N–H and O–H groups in total. The normalized spacial score (nSPS) is 17.7. The van der Waals surface area contributed by atoms with Gasteiger partial charge in [-0.1, -0.05) is 19.8 Å². The van der Waals surface area contributed by atoms with Gasteiger partial charge in [0.15, 0.2) is 0 Å².